The summed E-state index contributed by atoms with van der Waals surface area (Å²) in [5.41, 5.74) is 1.66. The summed E-state index contributed by atoms with van der Waals surface area (Å²) < 4.78 is 1.54. The highest BCUT2D eigenvalue weighted by Gasteiger charge is 2.12. The third kappa shape index (κ3) is 3.09. The van der Waals surface area contributed by atoms with Crippen molar-refractivity contribution >= 4 is 11.7 Å². The molecule has 24 heavy (non-hydrogen) atoms. The van der Waals surface area contributed by atoms with Crippen molar-refractivity contribution in [1.29, 1.82) is 0 Å². The fraction of sp³-hybridized carbons (Fsp3) is 0.0667. The lowest BCUT2D eigenvalue weighted by molar-refractivity contribution is -0.384. The molecule has 0 saturated heterocycles. The Morgan fingerprint density at radius 1 is 1.12 bits per heavy atom. The summed E-state index contributed by atoms with van der Waals surface area (Å²) in [6.45, 7) is 0.346. The van der Waals surface area contributed by atoms with Crippen LogP contribution in [0, 0.1) is 10.1 Å². The number of non-ortho nitro benzene ring substituents is 1. The molecule has 3 aromatic rings. The van der Waals surface area contributed by atoms with E-state index >= 15 is 0 Å². The second kappa shape index (κ2) is 6.24. The van der Waals surface area contributed by atoms with Crippen molar-refractivity contribution < 1.29 is 14.8 Å². The molecule has 9 heteroatoms. The molecule has 0 aliphatic heterocycles. The van der Waals surface area contributed by atoms with E-state index in [0.29, 0.717) is 17.9 Å². The molecule has 0 atom stereocenters. The number of carbonyl (C=O) groups is 1. The smallest absolute Gasteiger partial charge is 0.335 e. The number of benzene rings is 2. The van der Waals surface area contributed by atoms with Gasteiger partial charge in [-0.2, -0.15) is 0 Å². The first-order valence-corrected chi connectivity index (χ1v) is 6.88. The summed E-state index contributed by atoms with van der Waals surface area (Å²) in [4.78, 5) is 21.1. The van der Waals surface area contributed by atoms with Gasteiger partial charge in [-0.1, -0.05) is 12.1 Å². The van der Waals surface area contributed by atoms with Gasteiger partial charge in [0, 0.05) is 17.7 Å². The Bertz CT molecular complexity index is 887. The first-order valence-electron chi connectivity index (χ1n) is 6.88. The molecule has 0 aliphatic carbocycles. The van der Waals surface area contributed by atoms with Crippen LogP contribution in [0.2, 0.25) is 0 Å². The molecule has 0 radical (unpaired) electrons. The highest BCUT2D eigenvalue weighted by Crippen LogP contribution is 2.20. The number of tetrazole rings is 1. The molecule has 0 saturated carbocycles. The van der Waals surface area contributed by atoms with Gasteiger partial charge in [0.1, 0.15) is 0 Å². The van der Waals surface area contributed by atoms with Crippen LogP contribution in [0.5, 0.6) is 0 Å². The summed E-state index contributed by atoms with van der Waals surface area (Å²) in [7, 11) is 0. The SMILES string of the molecule is O=C(O)c1ccc(Cn2nnnc2-c2ccc([N+](=O)[O-])cc2)cc1. The first-order chi connectivity index (χ1) is 11.5. The number of aromatic nitrogens is 4. The number of nitro benzene ring substituents is 1. The monoisotopic (exact) mass is 325 g/mol. The van der Waals surface area contributed by atoms with Gasteiger partial charge >= 0.3 is 5.97 Å². The maximum atomic E-state index is 10.9. The molecule has 0 bridgehead atoms. The lowest BCUT2D eigenvalue weighted by Gasteiger charge is -2.05. The molecule has 2 aromatic carbocycles. The standard InChI is InChI=1S/C15H11N5O4/c21-15(22)12-3-1-10(2-4-12)9-19-14(16-17-18-19)11-5-7-13(8-6-11)20(23)24/h1-8H,9H2,(H,21,22). The highest BCUT2D eigenvalue weighted by atomic mass is 16.6. The minimum Gasteiger partial charge on any atom is -0.478 e. The van der Waals surface area contributed by atoms with Crippen molar-refractivity contribution in [2.45, 2.75) is 6.54 Å². The zero-order valence-corrected chi connectivity index (χ0v) is 12.2. The van der Waals surface area contributed by atoms with Gasteiger partial charge in [0.2, 0.25) is 0 Å². The van der Waals surface area contributed by atoms with Gasteiger partial charge in [-0.3, -0.25) is 10.1 Å². The van der Waals surface area contributed by atoms with E-state index in [1.165, 1.54) is 28.9 Å². The summed E-state index contributed by atoms with van der Waals surface area (Å²) in [5, 5.41) is 31.1. The molecular weight excluding hydrogens is 314 g/mol. The van der Waals surface area contributed by atoms with Crippen molar-refractivity contribution in [2.24, 2.45) is 0 Å². The largest absolute Gasteiger partial charge is 0.478 e. The van der Waals surface area contributed by atoms with Crippen molar-refractivity contribution in [3.05, 3.63) is 69.8 Å². The predicted molar refractivity (Wildman–Crippen MR) is 82.4 cm³/mol. The third-order valence-corrected chi connectivity index (χ3v) is 3.40. The number of hydrogen-bond donors (Lipinski definition) is 1. The van der Waals surface area contributed by atoms with Gasteiger partial charge in [0.05, 0.1) is 17.0 Å². The number of carboxylic acid groups (broad SMARTS) is 1. The van der Waals surface area contributed by atoms with Crippen LogP contribution in [0.25, 0.3) is 11.4 Å². The van der Waals surface area contributed by atoms with Gasteiger partial charge in [-0.05, 0) is 40.3 Å². The summed E-state index contributed by atoms with van der Waals surface area (Å²) in [6.07, 6.45) is 0. The zero-order chi connectivity index (χ0) is 17.1. The Morgan fingerprint density at radius 2 is 1.79 bits per heavy atom. The Hall–Kier alpha value is -3.62. The van der Waals surface area contributed by atoms with Crippen LogP contribution < -0.4 is 0 Å². The fourth-order valence-corrected chi connectivity index (χ4v) is 2.18. The van der Waals surface area contributed by atoms with Gasteiger partial charge in [0.25, 0.3) is 5.69 Å². The van der Waals surface area contributed by atoms with Crippen LogP contribution in [0.3, 0.4) is 0 Å². The minimum atomic E-state index is -0.990. The third-order valence-electron chi connectivity index (χ3n) is 3.40. The highest BCUT2D eigenvalue weighted by molar-refractivity contribution is 5.87. The molecule has 3 rings (SSSR count). The molecular formula is C15H11N5O4. The number of carboxylic acids is 1. The Labute approximate surface area is 135 Å². The number of hydrogen-bond acceptors (Lipinski definition) is 6. The Morgan fingerprint density at radius 3 is 2.38 bits per heavy atom. The van der Waals surface area contributed by atoms with Gasteiger partial charge in [-0.15, -0.1) is 5.10 Å². The van der Waals surface area contributed by atoms with Gasteiger partial charge in [0.15, 0.2) is 5.82 Å². The maximum absolute atomic E-state index is 10.9. The van der Waals surface area contributed by atoms with Gasteiger partial charge in [-0.25, -0.2) is 9.48 Å². The number of rotatable bonds is 5. The van der Waals surface area contributed by atoms with E-state index in [4.69, 9.17) is 5.11 Å². The van der Waals surface area contributed by atoms with E-state index in [2.05, 4.69) is 15.5 Å². The summed E-state index contributed by atoms with van der Waals surface area (Å²) >= 11 is 0. The van der Waals surface area contributed by atoms with Crippen molar-refractivity contribution in [1.82, 2.24) is 20.2 Å². The fourth-order valence-electron chi connectivity index (χ4n) is 2.18. The normalized spacial score (nSPS) is 10.5. The molecule has 9 nitrogen and oxygen atoms in total. The summed E-state index contributed by atoms with van der Waals surface area (Å²) in [6, 6.07) is 12.3. The molecule has 1 N–H and O–H groups in total. The van der Waals surface area contributed by atoms with Crippen LogP contribution in [-0.2, 0) is 6.54 Å². The van der Waals surface area contributed by atoms with Crippen molar-refractivity contribution in [2.75, 3.05) is 0 Å². The quantitative estimate of drug-likeness (QED) is 0.562. The second-order valence-electron chi connectivity index (χ2n) is 4.97. The number of nitro groups is 1. The van der Waals surface area contributed by atoms with E-state index in [-0.39, 0.29) is 11.3 Å². The molecule has 1 heterocycles. The van der Waals surface area contributed by atoms with Crippen molar-refractivity contribution in [3.8, 4) is 11.4 Å². The molecule has 0 fully saturated rings. The zero-order valence-electron chi connectivity index (χ0n) is 12.2. The Balaban J connectivity index is 1.84. The Kier molecular flexibility index (Phi) is 3.98. The van der Waals surface area contributed by atoms with E-state index in [1.807, 2.05) is 0 Å². The van der Waals surface area contributed by atoms with E-state index in [1.54, 1.807) is 24.3 Å². The maximum Gasteiger partial charge on any atom is 0.335 e. The van der Waals surface area contributed by atoms with E-state index in [0.717, 1.165) is 5.56 Å². The van der Waals surface area contributed by atoms with Crippen LogP contribution in [-0.4, -0.2) is 36.2 Å². The average molecular weight is 325 g/mol. The van der Waals surface area contributed by atoms with Crippen LogP contribution in [0.1, 0.15) is 15.9 Å². The number of aromatic carboxylic acids is 1. The van der Waals surface area contributed by atoms with E-state index in [9.17, 15) is 14.9 Å². The molecule has 0 aliphatic rings. The molecule has 1 aromatic heterocycles. The van der Waals surface area contributed by atoms with Crippen LogP contribution >= 0.6 is 0 Å². The summed E-state index contributed by atoms with van der Waals surface area (Å²) in [5.74, 6) is -0.525. The second-order valence-corrected chi connectivity index (χ2v) is 4.97. The van der Waals surface area contributed by atoms with Crippen LogP contribution in [0.4, 0.5) is 5.69 Å². The average Bonchev–Trinajstić information content (AvgIpc) is 3.03. The molecule has 120 valence electrons. The predicted octanol–water partition coefficient (Wildman–Crippen LogP) is 1.99. The topological polar surface area (TPSA) is 124 Å². The first kappa shape index (κ1) is 15.3. The lowest BCUT2D eigenvalue weighted by Crippen LogP contribution is -2.05. The van der Waals surface area contributed by atoms with Crippen molar-refractivity contribution in [3.63, 3.8) is 0 Å². The molecule has 0 unspecified atom stereocenters. The number of nitrogens with zero attached hydrogens (tertiary/aromatic N) is 5. The van der Waals surface area contributed by atoms with Crippen LogP contribution in [0.15, 0.2) is 48.5 Å². The minimum absolute atomic E-state index is 0.0120. The van der Waals surface area contributed by atoms with Gasteiger partial charge < -0.3 is 5.11 Å². The molecule has 0 spiro atoms. The van der Waals surface area contributed by atoms with E-state index < -0.39 is 10.9 Å². The molecule has 0 amide bonds. The lowest BCUT2D eigenvalue weighted by atomic mass is 10.1.